The van der Waals surface area contributed by atoms with Gasteiger partial charge >= 0.3 is 11.9 Å². The molecule has 0 aliphatic heterocycles. The maximum atomic E-state index is 13.8. The Kier molecular flexibility index (Phi) is 8.69. The highest BCUT2D eigenvalue weighted by Gasteiger charge is 2.71. The summed E-state index contributed by atoms with van der Waals surface area (Å²) in [7, 11) is 4.56. The molecule has 1 N–H and O–H groups in total. The monoisotopic (exact) mass is 548 g/mol. The number of aliphatic hydroxyl groups excluding tert-OH is 1. The summed E-state index contributed by atoms with van der Waals surface area (Å²) in [4.78, 5) is 27.6. The van der Waals surface area contributed by atoms with E-state index >= 15 is 0 Å². The van der Waals surface area contributed by atoms with Crippen molar-refractivity contribution >= 4 is 11.9 Å². The number of benzene rings is 3. The predicted molar refractivity (Wildman–Crippen MR) is 149 cm³/mol. The minimum absolute atomic E-state index is 0.0330. The van der Waals surface area contributed by atoms with Gasteiger partial charge in [-0.25, -0.2) is 0 Å². The zero-order chi connectivity index (χ0) is 28.9. The Morgan fingerprint density at radius 3 is 1.60 bits per heavy atom. The predicted octanol–water partition coefficient (Wildman–Crippen LogP) is 4.66. The van der Waals surface area contributed by atoms with E-state index in [9.17, 15) is 14.7 Å². The molecule has 1 aliphatic rings. The Bertz CT molecular complexity index is 1240. The largest absolute Gasteiger partial charge is 0.493 e. The second-order valence-electron chi connectivity index (χ2n) is 9.63. The Hall–Kier alpha value is -4.04. The van der Waals surface area contributed by atoms with Crippen molar-refractivity contribution in [3.8, 4) is 17.2 Å². The van der Waals surface area contributed by atoms with Crippen LogP contribution in [-0.4, -0.2) is 57.7 Å². The zero-order valence-electron chi connectivity index (χ0n) is 23.5. The molecular weight excluding hydrogens is 512 g/mol. The standard InChI is InChI=1S/C32H36O8/c1-6-39-29(34)31(30(35)40-7-2)20-24(21-18-25(36-3)27(38-5)26(19-21)37-4)32(28(31)33,22-14-10-8-11-15-22)23-16-12-9-13-17-23/h8-19,24,28,33H,6-7,20H2,1-5H3/t24-,28+/m0/s1. The van der Waals surface area contributed by atoms with Crippen LogP contribution in [0.15, 0.2) is 72.8 Å². The lowest BCUT2D eigenvalue weighted by molar-refractivity contribution is -0.180. The lowest BCUT2D eigenvalue weighted by Gasteiger charge is -2.41. The van der Waals surface area contributed by atoms with E-state index in [1.165, 1.54) is 21.3 Å². The molecule has 1 saturated carbocycles. The fourth-order valence-electron chi connectivity index (χ4n) is 6.16. The molecule has 0 bridgehead atoms. The molecule has 0 spiro atoms. The van der Waals surface area contributed by atoms with Crippen molar-refractivity contribution in [2.75, 3.05) is 34.5 Å². The number of rotatable bonds is 10. The van der Waals surface area contributed by atoms with Gasteiger partial charge in [0, 0.05) is 5.92 Å². The van der Waals surface area contributed by atoms with Gasteiger partial charge in [0.05, 0.1) is 46.1 Å². The van der Waals surface area contributed by atoms with E-state index in [2.05, 4.69) is 0 Å². The van der Waals surface area contributed by atoms with Crippen molar-refractivity contribution < 1.29 is 38.4 Å². The molecule has 0 radical (unpaired) electrons. The quantitative estimate of drug-likeness (QED) is 0.289. The van der Waals surface area contributed by atoms with Crippen LogP contribution >= 0.6 is 0 Å². The van der Waals surface area contributed by atoms with Crippen molar-refractivity contribution in [2.24, 2.45) is 5.41 Å². The summed E-state index contributed by atoms with van der Waals surface area (Å²) < 4.78 is 27.8. The molecule has 3 aromatic carbocycles. The van der Waals surface area contributed by atoms with Gasteiger partial charge in [0.25, 0.3) is 0 Å². The maximum Gasteiger partial charge on any atom is 0.326 e. The fraction of sp³-hybridized carbons (Fsp3) is 0.375. The van der Waals surface area contributed by atoms with Gasteiger partial charge in [-0.15, -0.1) is 0 Å². The number of ether oxygens (including phenoxy) is 5. The number of esters is 2. The normalized spacial score (nSPS) is 18.9. The number of aliphatic hydroxyl groups is 1. The summed E-state index contributed by atoms with van der Waals surface area (Å²) in [5.41, 5.74) is -1.15. The summed E-state index contributed by atoms with van der Waals surface area (Å²) in [6, 6.07) is 22.4. The molecule has 2 atom stereocenters. The third-order valence-electron chi connectivity index (χ3n) is 7.85. The maximum absolute atomic E-state index is 13.8. The van der Waals surface area contributed by atoms with Crippen LogP contribution in [0.5, 0.6) is 17.2 Å². The average Bonchev–Trinajstić information content (AvgIpc) is 3.28. The third-order valence-corrected chi connectivity index (χ3v) is 7.85. The van der Waals surface area contributed by atoms with Gasteiger partial charge in [-0.2, -0.15) is 0 Å². The van der Waals surface area contributed by atoms with Gasteiger partial charge in [-0.05, 0) is 49.1 Å². The summed E-state index contributed by atoms with van der Waals surface area (Å²) in [5.74, 6) is -1.06. The van der Waals surface area contributed by atoms with Gasteiger partial charge in [-0.3, -0.25) is 9.59 Å². The number of hydrogen-bond donors (Lipinski definition) is 1. The van der Waals surface area contributed by atoms with Gasteiger partial charge in [0.1, 0.15) is 0 Å². The van der Waals surface area contributed by atoms with Crippen LogP contribution in [0.2, 0.25) is 0 Å². The molecule has 8 heteroatoms. The van der Waals surface area contributed by atoms with Gasteiger partial charge in [0.2, 0.25) is 5.75 Å². The van der Waals surface area contributed by atoms with E-state index in [4.69, 9.17) is 23.7 Å². The molecule has 0 heterocycles. The molecule has 40 heavy (non-hydrogen) atoms. The van der Waals surface area contributed by atoms with Crippen molar-refractivity contribution in [1.82, 2.24) is 0 Å². The molecule has 212 valence electrons. The molecule has 3 aromatic rings. The van der Waals surface area contributed by atoms with Crippen molar-refractivity contribution in [3.63, 3.8) is 0 Å². The molecule has 8 nitrogen and oxygen atoms in total. The molecular formula is C32H36O8. The molecule has 0 aromatic heterocycles. The van der Waals surface area contributed by atoms with Crippen LogP contribution in [0.1, 0.15) is 42.9 Å². The number of carbonyl (C=O) groups excluding carboxylic acids is 2. The minimum Gasteiger partial charge on any atom is -0.493 e. The van der Waals surface area contributed by atoms with Crippen LogP contribution in [-0.2, 0) is 24.5 Å². The molecule has 0 unspecified atom stereocenters. The summed E-state index contributed by atoms with van der Waals surface area (Å²) >= 11 is 0. The Balaban J connectivity index is 2.14. The third kappa shape index (κ3) is 4.46. The van der Waals surface area contributed by atoms with E-state index in [0.29, 0.717) is 22.8 Å². The van der Waals surface area contributed by atoms with E-state index in [1.807, 2.05) is 60.7 Å². The zero-order valence-corrected chi connectivity index (χ0v) is 23.5. The van der Waals surface area contributed by atoms with Crippen LogP contribution in [0, 0.1) is 5.41 Å². The Morgan fingerprint density at radius 2 is 1.23 bits per heavy atom. The molecule has 4 rings (SSSR count). The van der Waals surface area contributed by atoms with Crippen LogP contribution in [0.25, 0.3) is 0 Å². The van der Waals surface area contributed by atoms with Gasteiger partial charge in [-0.1, -0.05) is 60.7 Å². The number of methoxy groups -OCH3 is 3. The van der Waals surface area contributed by atoms with E-state index in [-0.39, 0.29) is 19.6 Å². The topological polar surface area (TPSA) is 101 Å². The average molecular weight is 549 g/mol. The molecule has 0 amide bonds. The Morgan fingerprint density at radius 1 is 0.775 bits per heavy atom. The van der Waals surface area contributed by atoms with Crippen LogP contribution in [0.4, 0.5) is 0 Å². The summed E-state index contributed by atoms with van der Waals surface area (Å²) in [6.07, 6.45) is -1.64. The van der Waals surface area contributed by atoms with E-state index in [0.717, 1.165) is 11.1 Å². The highest BCUT2D eigenvalue weighted by atomic mass is 16.6. The van der Waals surface area contributed by atoms with Crippen LogP contribution in [0.3, 0.4) is 0 Å². The first kappa shape index (κ1) is 29.0. The first-order chi connectivity index (χ1) is 19.4. The first-order valence-electron chi connectivity index (χ1n) is 13.3. The van der Waals surface area contributed by atoms with Crippen LogP contribution < -0.4 is 14.2 Å². The van der Waals surface area contributed by atoms with E-state index in [1.54, 1.807) is 26.0 Å². The summed E-state index contributed by atoms with van der Waals surface area (Å²) in [6.45, 7) is 3.39. The molecule has 1 aliphatic carbocycles. The number of carbonyl (C=O) groups is 2. The Labute approximate surface area is 234 Å². The van der Waals surface area contributed by atoms with Crippen molar-refractivity contribution in [1.29, 1.82) is 0 Å². The molecule has 0 saturated heterocycles. The fourth-order valence-corrected chi connectivity index (χ4v) is 6.16. The lowest BCUT2D eigenvalue weighted by Crippen LogP contribution is -2.53. The van der Waals surface area contributed by atoms with Crippen molar-refractivity contribution in [3.05, 3.63) is 89.5 Å². The summed E-state index contributed by atoms with van der Waals surface area (Å²) in [5, 5.41) is 12.5. The smallest absolute Gasteiger partial charge is 0.326 e. The van der Waals surface area contributed by atoms with Gasteiger partial charge in [0.15, 0.2) is 16.9 Å². The second-order valence-corrected chi connectivity index (χ2v) is 9.63. The van der Waals surface area contributed by atoms with E-state index < -0.39 is 34.8 Å². The van der Waals surface area contributed by atoms with Gasteiger partial charge < -0.3 is 28.8 Å². The minimum atomic E-state index is -2.01. The lowest BCUT2D eigenvalue weighted by atomic mass is 9.63. The first-order valence-corrected chi connectivity index (χ1v) is 13.3. The highest BCUT2D eigenvalue weighted by molar-refractivity contribution is 6.02. The molecule has 1 fully saturated rings. The second kappa shape index (κ2) is 12.0. The van der Waals surface area contributed by atoms with Crippen molar-refractivity contribution in [2.45, 2.75) is 37.7 Å². The SMILES string of the molecule is CCOC(=O)C1(C(=O)OCC)C[C@@H](c2cc(OC)c(OC)c(OC)c2)C(c2ccccc2)(c2ccccc2)[C@@H]1O. The number of hydrogen-bond acceptors (Lipinski definition) is 8. The highest BCUT2D eigenvalue weighted by Crippen LogP contribution is 2.63.